The van der Waals surface area contributed by atoms with E-state index in [1.54, 1.807) is 0 Å². The summed E-state index contributed by atoms with van der Waals surface area (Å²) in [7, 11) is -4.36. The van der Waals surface area contributed by atoms with Gasteiger partial charge in [-0.3, -0.25) is 4.55 Å². The molecule has 0 fully saturated rings. The first-order valence-electron chi connectivity index (χ1n) is 3.26. The fraction of sp³-hybridized carbons (Fsp3) is 0.667. The Balaban J connectivity index is -0.000000605. The molecule has 13 heavy (non-hydrogen) atoms. The SMILES string of the molecule is C=CCOC(C(C)O)S(=O)(=O)O.[H-].[Na+]. The van der Waals surface area contributed by atoms with Gasteiger partial charge in [0.15, 0.2) is 0 Å². The van der Waals surface area contributed by atoms with E-state index >= 15 is 0 Å². The molecule has 0 radical (unpaired) electrons. The molecule has 5 nitrogen and oxygen atoms in total. The zero-order valence-corrected chi connectivity index (χ0v) is 10.5. The smallest absolute Gasteiger partial charge is 1.00 e. The van der Waals surface area contributed by atoms with Gasteiger partial charge in [-0.1, -0.05) is 6.08 Å². The fourth-order valence-corrected chi connectivity index (χ4v) is 1.39. The standard InChI is InChI=1S/C6H12O5S.Na.H/c1-3-4-11-6(5(2)7)12(8,9)10;;/h3,5-7H,1,4H2,2H3,(H,8,9,10);;/q;+1;-1. The monoisotopic (exact) mass is 220 g/mol. The fourth-order valence-electron chi connectivity index (χ4n) is 0.637. The molecule has 0 amide bonds. The van der Waals surface area contributed by atoms with Crippen LogP contribution < -0.4 is 29.6 Å². The summed E-state index contributed by atoms with van der Waals surface area (Å²) in [5.41, 5.74) is -1.60. The Morgan fingerprint density at radius 2 is 2.15 bits per heavy atom. The molecule has 2 atom stereocenters. The molecule has 2 N–H and O–H groups in total. The van der Waals surface area contributed by atoms with Crippen LogP contribution in [0.2, 0.25) is 0 Å². The maximum Gasteiger partial charge on any atom is 1.00 e. The first kappa shape index (κ1) is 16.0. The number of ether oxygens (including phenoxy) is 1. The van der Waals surface area contributed by atoms with Gasteiger partial charge >= 0.3 is 29.6 Å². The molecule has 0 rings (SSSR count). The molecule has 7 heteroatoms. The predicted octanol–water partition coefficient (Wildman–Crippen LogP) is -3.10. The van der Waals surface area contributed by atoms with Gasteiger partial charge < -0.3 is 11.3 Å². The number of hydrogen-bond acceptors (Lipinski definition) is 4. The average Bonchev–Trinajstić information content (AvgIpc) is 1.84. The second-order valence-electron chi connectivity index (χ2n) is 2.25. The molecule has 0 aliphatic rings. The van der Waals surface area contributed by atoms with Crippen LogP contribution in [0, 0.1) is 0 Å². The third kappa shape index (κ3) is 6.62. The first-order valence-corrected chi connectivity index (χ1v) is 4.76. The van der Waals surface area contributed by atoms with Crippen LogP contribution in [0.4, 0.5) is 0 Å². The van der Waals surface area contributed by atoms with Crippen LogP contribution in [0.25, 0.3) is 0 Å². The second kappa shape index (κ2) is 6.94. The van der Waals surface area contributed by atoms with Crippen molar-refractivity contribution in [3.05, 3.63) is 12.7 Å². The van der Waals surface area contributed by atoms with Crippen molar-refractivity contribution in [3.63, 3.8) is 0 Å². The van der Waals surface area contributed by atoms with E-state index in [1.807, 2.05) is 0 Å². The average molecular weight is 220 g/mol. The quantitative estimate of drug-likeness (QED) is 0.291. The van der Waals surface area contributed by atoms with Gasteiger partial charge in [-0.25, -0.2) is 0 Å². The van der Waals surface area contributed by atoms with Crippen LogP contribution >= 0.6 is 0 Å². The van der Waals surface area contributed by atoms with Crippen molar-refractivity contribution in [2.45, 2.75) is 18.5 Å². The van der Waals surface area contributed by atoms with Gasteiger partial charge in [0.25, 0.3) is 10.1 Å². The minimum Gasteiger partial charge on any atom is -1.00 e. The summed E-state index contributed by atoms with van der Waals surface area (Å²) in [6, 6.07) is 0. The summed E-state index contributed by atoms with van der Waals surface area (Å²) in [5, 5.41) is 8.88. The second-order valence-corrected chi connectivity index (χ2v) is 3.74. The number of aliphatic hydroxyl groups is 1. The van der Waals surface area contributed by atoms with Crippen LogP contribution in [0.1, 0.15) is 8.35 Å². The summed E-state index contributed by atoms with van der Waals surface area (Å²) >= 11 is 0. The Labute approximate surface area is 101 Å². The normalized spacial score (nSPS) is 15.6. The maximum absolute atomic E-state index is 10.5. The Morgan fingerprint density at radius 1 is 1.69 bits per heavy atom. The molecule has 0 spiro atoms. The molecule has 0 aliphatic carbocycles. The van der Waals surface area contributed by atoms with Crippen molar-refractivity contribution >= 4 is 10.1 Å². The maximum atomic E-state index is 10.5. The zero-order chi connectivity index (χ0) is 9.78. The molecule has 74 valence electrons. The molecule has 0 aromatic heterocycles. The van der Waals surface area contributed by atoms with Crippen molar-refractivity contribution in [1.29, 1.82) is 0 Å². The van der Waals surface area contributed by atoms with Crippen molar-refractivity contribution in [2.24, 2.45) is 0 Å². The van der Waals surface area contributed by atoms with Gasteiger partial charge in [-0.05, 0) is 6.92 Å². The van der Waals surface area contributed by atoms with Crippen molar-refractivity contribution in [2.75, 3.05) is 6.61 Å². The van der Waals surface area contributed by atoms with Gasteiger partial charge in [0.2, 0.25) is 5.44 Å². The minimum absolute atomic E-state index is 0. The van der Waals surface area contributed by atoms with Gasteiger partial charge in [0.05, 0.1) is 12.7 Å². The summed E-state index contributed by atoms with van der Waals surface area (Å²) in [5.74, 6) is 0. The third-order valence-electron chi connectivity index (χ3n) is 1.07. The third-order valence-corrected chi connectivity index (χ3v) is 2.18. The van der Waals surface area contributed by atoms with E-state index in [9.17, 15) is 8.42 Å². The Bertz CT molecular complexity index is 241. The van der Waals surface area contributed by atoms with E-state index in [0.29, 0.717) is 0 Å². The summed E-state index contributed by atoms with van der Waals surface area (Å²) < 4.78 is 34.2. The Morgan fingerprint density at radius 3 is 2.38 bits per heavy atom. The molecule has 0 aromatic rings. The first-order chi connectivity index (χ1) is 5.39. The van der Waals surface area contributed by atoms with Crippen LogP contribution in [0.15, 0.2) is 12.7 Å². The van der Waals surface area contributed by atoms with E-state index in [4.69, 9.17) is 9.66 Å². The Hall–Kier alpha value is 0.570. The van der Waals surface area contributed by atoms with Crippen molar-refractivity contribution in [3.8, 4) is 0 Å². The summed E-state index contributed by atoms with van der Waals surface area (Å²) in [6.45, 7) is 4.45. The molecule has 2 unspecified atom stereocenters. The number of rotatable bonds is 5. The zero-order valence-electron chi connectivity index (χ0n) is 8.67. The molecular formula is C6H13NaO5S. The van der Waals surface area contributed by atoms with Crippen LogP contribution in [0.3, 0.4) is 0 Å². The molecule has 0 aliphatic heterocycles. The van der Waals surface area contributed by atoms with E-state index in [-0.39, 0.29) is 37.6 Å². The molecule has 0 aromatic carbocycles. The van der Waals surface area contributed by atoms with Gasteiger partial charge in [-0.2, -0.15) is 8.42 Å². The topological polar surface area (TPSA) is 83.8 Å². The van der Waals surface area contributed by atoms with E-state index in [0.717, 1.165) is 0 Å². The van der Waals surface area contributed by atoms with E-state index in [2.05, 4.69) is 11.3 Å². The van der Waals surface area contributed by atoms with Gasteiger partial charge in [0.1, 0.15) is 0 Å². The summed E-state index contributed by atoms with van der Waals surface area (Å²) in [6.07, 6.45) is 0.0422. The van der Waals surface area contributed by atoms with E-state index < -0.39 is 21.7 Å². The van der Waals surface area contributed by atoms with Crippen molar-refractivity contribution < 1.29 is 53.8 Å². The van der Waals surface area contributed by atoms with Crippen LogP contribution in [0.5, 0.6) is 0 Å². The summed E-state index contributed by atoms with van der Waals surface area (Å²) in [4.78, 5) is 0. The Kier molecular flexibility index (Phi) is 8.55. The van der Waals surface area contributed by atoms with Gasteiger partial charge in [-0.15, -0.1) is 6.58 Å². The van der Waals surface area contributed by atoms with Crippen LogP contribution in [-0.4, -0.2) is 36.2 Å². The van der Waals surface area contributed by atoms with Crippen molar-refractivity contribution in [1.82, 2.24) is 0 Å². The number of aliphatic hydroxyl groups excluding tert-OH is 1. The largest absolute Gasteiger partial charge is 1.00 e. The molecule has 0 saturated heterocycles. The molecule has 0 heterocycles. The molecular weight excluding hydrogens is 207 g/mol. The minimum atomic E-state index is -4.36. The predicted molar refractivity (Wildman–Crippen MR) is 44.3 cm³/mol. The van der Waals surface area contributed by atoms with Crippen LogP contribution in [-0.2, 0) is 14.9 Å². The van der Waals surface area contributed by atoms with E-state index in [1.165, 1.54) is 13.0 Å². The van der Waals surface area contributed by atoms with Gasteiger partial charge in [0, 0.05) is 0 Å². The number of hydrogen-bond donors (Lipinski definition) is 2. The molecule has 0 bridgehead atoms. The molecule has 0 saturated carbocycles.